The Hall–Kier alpha value is -3.47. The van der Waals surface area contributed by atoms with E-state index in [-0.39, 0.29) is 5.91 Å². The van der Waals surface area contributed by atoms with E-state index in [1.54, 1.807) is 24.3 Å². The zero-order chi connectivity index (χ0) is 21.3. The predicted octanol–water partition coefficient (Wildman–Crippen LogP) is 6.16. The van der Waals surface area contributed by atoms with Gasteiger partial charge in [-0.15, -0.1) is 0 Å². The van der Waals surface area contributed by atoms with E-state index in [2.05, 4.69) is 19.2 Å². The summed E-state index contributed by atoms with van der Waals surface area (Å²) in [5.41, 5.74) is 1.14. The lowest BCUT2D eigenvalue weighted by molar-refractivity contribution is 0.102. The second kappa shape index (κ2) is 10.3. The number of nitrogens with one attached hydrogen (secondary N) is 1. The van der Waals surface area contributed by atoms with Gasteiger partial charge in [-0.05, 0) is 55.3 Å². The Kier molecular flexibility index (Phi) is 7.33. The molecule has 1 amide bonds. The van der Waals surface area contributed by atoms with Crippen molar-refractivity contribution in [3.05, 3.63) is 78.4 Å². The van der Waals surface area contributed by atoms with Crippen molar-refractivity contribution >= 4 is 11.6 Å². The smallest absolute Gasteiger partial charge is 0.255 e. The molecule has 0 spiro atoms. The zero-order valence-corrected chi connectivity index (χ0v) is 17.6. The molecule has 0 aromatic heterocycles. The van der Waals surface area contributed by atoms with Crippen molar-refractivity contribution in [2.75, 3.05) is 18.5 Å². The van der Waals surface area contributed by atoms with Crippen LogP contribution < -0.4 is 19.5 Å². The molecule has 0 saturated carbocycles. The third kappa shape index (κ3) is 6.01. The van der Waals surface area contributed by atoms with Crippen LogP contribution in [0.1, 0.15) is 31.1 Å². The van der Waals surface area contributed by atoms with Crippen molar-refractivity contribution in [2.45, 2.75) is 20.8 Å². The molecule has 0 radical (unpaired) electrons. The SMILES string of the molecule is CCOc1cc(C(=O)Nc2cccc(Oc3ccccc3)c2)ccc1OCC(C)C. The van der Waals surface area contributed by atoms with Crippen molar-refractivity contribution in [3.63, 3.8) is 0 Å². The van der Waals surface area contributed by atoms with Crippen LogP contribution in [0, 0.1) is 5.92 Å². The number of anilines is 1. The molecule has 3 aromatic rings. The minimum absolute atomic E-state index is 0.233. The van der Waals surface area contributed by atoms with Gasteiger partial charge in [-0.1, -0.05) is 38.1 Å². The molecule has 0 fully saturated rings. The molecule has 0 unspecified atom stereocenters. The van der Waals surface area contributed by atoms with Crippen molar-refractivity contribution in [1.29, 1.82) is 0 Å². The second-order valence-corrected chi connectivity index (χ2v) is 7.20. The fraction of sp³-hybridized carbons (Fsp3) is 0.240. The van der Waals surface area contributed by atoms with Crippen LogP contribution in [0.5, 0.6) is 23.0 Å². The topological polar surface area (TPSA) is 56.8 Å². The summed E-state index contributed by atoms with van der Waals surface area (Å²) in [5.74, 6) is 2.74. The molecular weight excluding hydrogens is 378 g/mol. The van der Waals surface area contributed by atoms with Gasteiger partial charge in [0, 0.05) is 17.3 Å². The van der Waals surface area contributed by atoms with E-state index in [4.69, 9.17) is 14.2 Å². The number of para-hydroxylation sites is 1. The average Bonchev–Trinajstić information content (AvgIpc) is 2.74. The maximum atomic E-state index is 12.8. The molecule has 1 N–H and O–H groups in total. The Balaban J connectivity index is 1.72. The molecule has 5 nitrogen and oxygen atoms in total. The van der Waals surface area contributed by atoms with E-state index in [9.17, 15) is 4.79 Å². The average molecular weight is 405 g/mol. The van der Waals surface area contributed by atoms with E-state index in [1.807, 2.05) is 55.5 Å². The van der Waals surface area contributed by atoms with Crippen LogP contribution >= 0.6 is 0 Å². The van der Waals surface area contributed by atoms with Crippen LogP contribution in [0.25, 0.3) is 0 Å². The van der Waals surface area contributed by atoms with Crippen molar-refractivity contribution in [1.82, 2.24) is 0 Å². The van der Waals surface area contributed by atoms with E-state index >= 15 is 0 Å². The largest absolute Gasteiger partial charge is 0.490 e. The molecule has 156 valence electrons. The summed E-state index contributed by atoms with van der Waals surface area (Å²) in [7, 11) is 0. The number of hydrogen-bond acceptors (Lipinski definition) is 4. The van der Waals surface area contributed by atoms with E-state index in [0.29, 0.717) is 47.6 Å². The van der Waals surface area contributed by atoms with Gasteiger partial charge in [-0.2, -0.15) is 0 Å². The van der Waals surface area contributed by atoms with Gasteiger partial charge in [-0.25, -0.2) is 0 Å². The molecule has 3 aromatic carbocycles. The van der Waals surface area contributed by atoms with Gasteiger partial charge >= 0.3 is 0 Å². The first-order valence-electron chi connectivity index (χ1n) is 10.1. The molecule has 0 atom stereocenters. The van der Waals surface area contributed by atoms with Crippen molar-refractivity contribution < 1.29 is 19.0 Å². The predicted molar refractivity (Wildman–Crippen MR) is 119 cm³/mol. The highest BCUT2D eigenvalue weighted by Crippen LogP contribution is 2.30. The highest BCUT2D eigenvalue weighted by Gasteiger charge is 2.13. The third-order valence-corrected chi connectivity index (χ3v) is 4.15. The summed E-state index contributed by atoms with van der Waals surface area (Å²) < 4.78 is 17.3. The summed E-state index contributed by atoms with van der Waals surface area (Å²) >= 11 is 0. The number of carbonyl (C=O) groups is 1. The summed E-state index contributed by atoms with van der Waals surface area (Å²) in [6.45, 7) is 7.13. The minimum atomic E-state index is -0.233. The Labute approximate surface area is 177 Å². The minimum Gasteiger partial charge on any atom is -0.490 e. The van der Waals surface area contributed by atoms with Crippen LogP contribution in [-0.4, -0.2) is 19.1 Å². The van der Waals surface area contributed by atoms with E-state index in [0.717, 1.165) is 5.75 Å². The van der Waals surface area contributed by atoms with Gasteiger partial charge in [0.1, 0.15) is 11.5 Å². The maximum absolute atomic E-state index is 12.8. The molecule has 0 heterocycles. The number of amides is 1. The summed E-state index contributed by atoms with van der Waals surface area (Å²) in [5, 5.41) is 2.91. The fourth-order valence-corrected chi connectivity index (χ4v) is 2.76. The van der Waals surface area contributed by atoms with Crippen LogP contribution in [0.4, 0.5) is 5.69 Å². The second-order valence-electron chi connectivity index (χ2n) is 7.20. The lowest BCUT2D eigenvalue weighted by atomic mass is 10.1. The molecule has 0 saturated heterocycles. The lowest BCUT2D eigenvalue weighted by Gasteiger charge is -2.15. The lowest BCUT2D eigenvalue weighted by Crippen LogP contribution is -2.13. The van der Waals surface area contributed by atoms with Crippen LogP contribution in [-0.2, 0) is 0 Å². The van der Waals surface area contributed by atoms with Crippen LogP contribution in [0.15, 0.2) is 72.8 Å². The van der Waals surface area contributed by atoms with Gasteiger partial charge in [-0.3, -0.25) is 4.79 Å². The van der Waals surface area contributed by atoms with Crippen LogP contribution in [0.3, 0.4) is 0 Å². The highest BCUT2D eigenvalue weighted by atomic mass is 16.5. The number of rotatable bonds is 9. The molecule has 0 aliphatic rings. The Bertz CT molecular complexity index is 970. The summed E-state index contributed by atoms with van der Waals surface area (Å²) in [6.07, 6.45) is 0. The first-order chi connectivity index (χ1) is 14.5. The fourth-order valence-electron chi connectivity index (χ4n) is 2.76. The molecular formula is C25H27NO4. The maximum Gasteiger partial charge on any atom is 0.255 e. The third-order valence-electron chi connectivity index (χ3n) is 4.15. The molecule has 5 heteroatoms. The molecule has 0 bridgehead atoms. The highest BCUT2D eigenvalue weighted by molar-refractivity contribution is 6.04. The Morgan fingerprint density at radius 2 is 1.63 bits per heavy atom. The Morgan fingerprint density at radius 3 is 2.37 bits per heavy atom. The Morgan fingerprint density at radius 1 is 0.867 bits per heavy atom. The quantitative estimate of drug-likeness (QED) is 0.463. The number of hydrogen-bond donors (Lipinski definition) is 1. The van der Waals surface area contributed by atoms with Gasteiger partial charge in [0.25, 0.3) is 5.91 Å². The van der Waals surface area contributed by atoms with E-state index in [1.165, 1.54) is 0 Å². The van der Waals surface area contributed by atoms with Gasteiger partial charge < -0.3 is 19.5 Å². The number of benzene rings is 3. The monoisotopic (exact) mass is 405 g/mol. The van der Waals surface area contributed by atoms with Crippen LogP contribution in [0.2, 0.25) is 0 Å². The van der Waals surface area contributed by atoms with Crippen molar-refractivity contribution in [3.8, 4) is 23.0 Å². The summed E-state index contributed by atoms with van der Waals surface area (Å²) in [4.78, 5) is 12.8. The number of ether oxygens (including phenoxy) is 3. The molecule has 0 aliphatic carbocycles. The van der Waals surface area contributed by atoms with Crippen molar-refractivity contribution in [2.24, 2.45) is 5.92 Å². The summed E-state index contributed by atoms with van der Waals surface area (Å²) in [6, 6.07) is 22.0. The van der Waals surface area contributed by atoms with Gasteiger partial charge in [0.2, 0.25) is 0 Å². The van der Waals surface area contributed by atoms with Gasteiger partial charge in [0.15, 0.2) is 11.5 Å². The standard InChI is InChI=1S/C25H27NO4/c1-4-28-24-15-19(13-14-23(24)29-17-18(2)3)25(27)26-20-9-8-12-22(16-20)30-21-10-6-5-7-11-21/h5-16,18H,4,17H2,1-3H3,(H,26,27). The zero-order valence-electron chi connectivity index (χ0n) is 17.6. The first-order valence-corrected chi connectivity index (χ1v) is 10.1. The van der Waals surface area contributed by atoms with E-state index < -0.39 is 0 Å². The normalized spacial score (nSPS) is 10.5. The molecule has 3 rings (SSSR count). The first kappa shape index (κ1) is 21.2. The number of carbonyl (C=O) groups excluding carboxylic acids is 1. The molecule has 30 heavy (non-hydrogen) atoms. The van der Waals surface area contributed by atoms with Gasteiger partial charge in [0.05, 0.1) is 13.2 Å². The molecule has 0 aliphatic heterocycles.